The van der Waals surface area contributed by atoms with E-state index in [0.29, 0.717) is 5.92 Å². The predicted molar refractivity (Wildman–Crippen MR) is 96.5 cm³/mol. The molecule has 138 valence electrons. The zero-order valence-electron chi connectivity index (χ0n) is 13.6. The summed E-state index contributed by atoms with van der Waals surface area (Å²) in [5.74, 6) is 1.48. The number of nitro groups is 1. The highest BCUT2D eigenvalue weighted by Gasteiger charge is 2.35. The Labute approximate surface area is 157 Å². The number of hydrogen-bond acceptors (Lipinski definition) is 4. The lowest BCUT2D eigenvalue weighted by atomic mass is 9.69. The number of benzene rings is 1. The summed E-state index contributed by atoms with van der Waals surface area (Å²) >= 11 is 11.7. The van der Waals surface area contributed by atoms with Crippen LogP contribution in [0.5, 0.6) is 0 Å². The Morgan fingerprint density at radius 2 is 1.64 bits per heavy atom. The minimum atomic E-state index is -4.09. The maximum Gasteiger partial charge on any atom is 0.292 e. The minimum Gasteiger partial charge on any atom is -0.258 e. The molecule has 0 radical (unpaired) electrons. The summed E-state index contributed by atoms with van der Waals surface area (Å²) in [5, 5.41) is 11.0. The SMILES string of the molecule is O=[N+]([O-])c1cc(Cl)cc(Cl)c1S(=O)(=O)NC1CCC(C2CCC2)CC1. The fraction of sp³-hybridized carbons (Fsp3) is 0.625. The van der Waals surface area contributed by atoms with Crippen LogP contribution in [0.3, 0.4) is 0 Å². The molecule has 0 bridgehead atoms. The van der Waals surface area contributed by atoms with Crippen LogP contribution < -0.4 is 4.72 Å². The number of hydrogen-bond donors (Lipinski definition) is 1. The van der Waals surface area contributed by atoms with Gasteiger partial charge in [0.05, 0.1) is 9.95 Å². The lowest BCUT2D eigenvalue weighted by Crippen LogP contribution is -2.39. The van der Waals surface area contributed by atoms with Crippen LogP contribution in [0.15, 0.2) is 17.0 Å². The highest BCUT2D eigenvalue weighted by Crippen LogP contribution is 2.41. The van der Waals surface area contributed by atoms with Gasteiger partial charge in [0.25, 0.3) is 5.69 Å². The van der Waals surface area contributed by atoms with Crippen LogP contribution in [0.25, 0.3) is 0 Å². The standard InChI is InChI=1S/C16H20Cl2N2O4S/c17-12-8-14(18)16(15(9-12)20(21)22)25(23,24)19-13-6-4-11(5-7-13)10-2-1-3-10/h8-11,13,19H,1-7H2. The summed E-state index contributed by atoms with van der Waals surface area (Å²) in [6.07, 6.45) is 7.36. The molecular weight excluding hydrogens is 387 g/mol. The molecule has 0 amide bonds. The van der Waals surface area contributed by atoms with Crippen molar-refractivity contribution in [2.24, 2.45) is 11.8 Å². The summed E-state index contributed by atoms with van der Waals surface area (Å²) < 4.78 is 28.0. The molecule has 3 rings (SSSR count). The van der Waals surface area contributed by atoms with Gasteiger partial charge in [-0.2, -0.15) is 0 Å². The van der Waals surface area contributed by atoms with Crippen LogP contribution in [0, 0.1) is 22.0 Å². The van der Waals surface area contributed by atoms with Crippen molar-refractivity contribution >= 4 is 38.9 Å². The van der Waals surface area contributed by atoms with E-state index in [9.17, 15) is 18.5 Å². The van der Waals surface area contributed by atoms with Crippen LogP contribution in [-0.4, -0.2) is 19.4 Å². The quantitative estimate of drug-likeness (QED) is 0.573. The van der Waals surface area contributed by atoms with Crippen LogP contribution in [0.1, 0.15) is 44.9 Å². The summed E-state index contributed by atoms with van der Waals surface area (Å²) in [6, 6.07) is 2.00. The Morgan fingerprint density at radius 3 is 2.16 bits per heavy atom. The van der Waals surface area contributed by atoms with Crippen molar-refractivity contribution < 1.29 is 13.3 Å². The fourth-order valence-corrected chi connectivity index (χ4v) is 6.15. The lowest BCUT2D eigenvalue weighted by molar-refractivity contribution is -0.387. The second-order valence-corrected chi connectivity index (χ2v) is 9.41. The Balaban J connectivity index is 1.75. The first-order valence-corrected chi connectivity index (χ1v) is 10.7. The summed E-state index contributed by atoms with van der Waals surface area (Å²) in [5.41, 5.74) is -0.604. The Morgan fingerprint density at radius 1 is 1.04 bits per heavy atom. The highest BCUT2D eigenvalue weighted by atomic mass is 35.5. The van der Waals surface area contributed by atoms with Gasteiger partial charge in [-0.05, 0) is 43.6 Å². The molecule has 0 atom stereocenters. The van der Waals surface area contributed by atoms with E-state index in [1.165, 1.54) is 25.3 Å². The van der Waals surface area contributed by atoms with Gasteiger partial charge in [0, 0.05) is 17.1 Å². The topological polar surface area (TPSA) is 89.3 Å². The molecule has 1 aromatic rings. The number of sulfonamides is 1. The van der Waals surface area contributed by atoms with E-state index in [4.69, 9.17) is 23.2 Å². The molecule has 25 heavy (non-hydrogen) atoms. The molecule has 2 saturated carbocycles. The Bertz CT molecular complexity index is 773. The third-order valence-electron chi connectivity index (χ3n) is 5.36. The van der Waals surface area contributed by atoms with E-state index in [1.807, 2.05) is 0 Å². The number of nitrogens with one attached hydrogen (secondary N) is 1. The second-order valence-electron chi connectivity index (χ2n) is 6.92. The Hall–Kier alpha value is -0.890. The average molecular weight is 407 g/mol. The smallest absolute Gasteiger partial charge is 0.258 e. The van der Waals surface area contributed by atoms with Crippen molar-refractivity contribution in [2.75, 3.05) is 0 Å². The molecule has 1 N–H and O–H groups in total. The average Bonchev–Trinajstić information content (AvgIpc) is 2.45. The fourth-order valence-electron chi connectivity index (χ4n) is 3.85. The van der Waals surface area contributed by atoms with Gasteiger partial charge in [0.15, 0.2) is 4.90 Å². The highest BCUT2D eigenvalue weighted by molar-refractivity contribution is 7.89. The first-order valence-electron chi connectivity index (χ1n) is 8.43. The number of halogens is 2. The molecule has 6 nitrogen and oxygen atoms in total. The van der Waals surface area contributed by atoms with Gasteiger partial charge in [0.1, 0.15) is 0 Å². The summed E-state index contributed by atoms with van der Waals surface area (Å²) in [7, 11) is -4.09. The van der Waals surface area contributed by atoms with Crippen LogP contribution in [0.2, 0.25) is 10.0 Å². The second kappa shape index (κ2) is 7.39. The van der Waals surface area contributed by atoms with E-state index in [2.05, 4.69) is 4.72 Å². The third kappa shape index (κ3) is 4.10. The lowest BCUT2D eigenvalue weighted by Gasteiger charge is -2.38. The van der Waals surface area contributed by atoms with Gasteiger partial charge < -0.3 is 0 Å². The maximum atomic E-state index is 12.7. The Kier molecular flexibility index (Phi) is 5.58. The number of rotatable bonds is 5. The predicted octanol–water partition coefficient (Wildman–Crippen LogP) is 4.54. The first-order chi connectivity index (χ1) is 11.8. The molecule has 0 saturated heterocycles. The van der Waals surface area contributed by atoms with Crippen molar-refractivity contribution in [3.8, 4) is 0 Å². The van der Waals surface area contributed by atoms with Crippen LogP contribution in [-0.2, 0) is 10.0 Å². The molecule has 0 aromatic heterocycles. The van der Waals surface area contributed by atoms with Gasteiger partial charge in [-0.3, -0.25) is 10.1 Å². The van der Waals surface area contributed by atoms with Gasteiger partial charge >= 0.3 is 0 Å². The normalized spacial score (nSPS) is 24.7. The van der Waals surface area contributed by atoms with E-state index >= 15 is 0 Å². The van der Waals surface area contributed by atoms with E-state index < -0.39 is 25.5 Å². The summed E-state index contributed by atoms with van der Waals surface area (Å²) in [4.78, 5) is 9.93. The van der Waals surface area contributed by atoms with Crippen molar-refractivity contribution in [3.05, 3.63) is 32.3 Å². The van der Waals surface area contributed by atoms with E-state index in [0.717, 1.165) is 37.7 Å². The van der Waals surface area contributed by atoms with Crippen molar-refractivity contribution in [1.29, 1.82) is 0 Å². The van der Waals surface area contributed by atoms with Crippen LogP contribution >= 0.6 is 23.2 Å². The van der Waals surface area contributed by atoms with Crippen molar-refractivity contribution in [3.63, 3.8) is 0 Å². The summed E-state index contributed by atoms with van der Waals surface area (Å²) in [6.45, 7) is 0. The number of nitrogens with zero attached hydrogens (tertiary/aromatic N) is 1. The molecule has 2 fully saturated rings. The zero-order chi connectivity index (χ0) is 18.2. The molecule has 0 spiro atoms. The number of nitro benzene ring substituents is 1. The first kappa shape index (κ1) is 18.9. The van der Waals surface area contributed by atoms with Gasteiger partial charge in [-0.1, -0.05) is 42.5 Å². The van der Waals surface area contributed by atoms with E-state index in [-0.39, 0.29) is 16.1 Å². The largest absolute Gasteiger partial charge is 0.292 e. The molecular formula is C16H20Cl2N2O4S. The van der Waals surface area contributed by atoms with Gasteiger partial charge in [-0.25, -0.2) is 13.1 Å². The molecule has 1 aromatic carbocycles. The molecule has 0 aliphatic heterocycles. The molecule has 2 aliphatic rings. The molecule has 9 heteroatoms. The monoisotopic (exact) mass is 406 g/mol. The molecule has 0 heterocycles. The van der Waals surface area contributed by atoms with Gasteiger partial charge in [0.2, 0.25) is 10.0 Å². The van der Waals surface area contributed by atoms with Crippen molar-refractivity contribution in [2.45, 2.75) is 55.9 Å². The van der Waals surface area contributed by atoms with E-state index in [1.54, 1.807) is 0 Å². The van der Waals surface area contributed by atoms with Crippen LogP contribution in [0.4, 0.5) is 5.69 Å². The minimum absolute atomic E-state index is 0.0247. The zero-order valence-corrected chi connectivity index (χ0v) is 15.9. The maximum absolute atomic E-state index is 12.7. The molecule has 2 aliphatic carbocycles. The third-order valence-corrected chi connectivity index (χ3v) is 7.60. The van der Waals surface area contributed by atoms with Gasteiger partial charge in [-0.15, -0.1) is 0 Å². The molecule has 0 unspecified atom stereocenters. The van der Waals surface area contributed by atoms with Crippen molar-refractivity contribution in [1.82, 2.24) is 4.72 Å².